The highest BCUT2D eigenvalue weighted by Gasteiger charge is 2.25. The second-order valence-electron chi connectivity index (χ2n) is 4.94. The van der Waals surface area contributed by atoms with E-state index in [1.165, 1.54) is 5.56 Å². The summed E-state index contributed by atoms with van der Waals surface area (Å²) in [7, 11) is 0. The summed E-state index contributed by atoms with van der Waals surface area (Å²) in [5, 5.41) is 3.49. The Balaban J connectivity index is 2.04. The zero-order chi connectivity index (χ0) is 14.2. The van der Waals surface area contributed by atoms with Crippen molar-refractivity contribution in [2.45, 2.75) is 32.4 Å². The van der Waals surface area contributed by atoms with Crippen molar-refractivity contribution in [3.63, 3.8) is 0 Å². The SMILES string of the molecule is CCCOc1ccc(C(NCC)C2COCCO2)cc1. The van der Waals surface area contributed by atoms with E-state index in [-0.39, 0.29) is 12.1 Å². The molecule has 20 heavy (non-hydrogen) atoms. The van der Waals surface area contributed by atoms with Crippen LogP contribution in [0.1, 0.15) is 31.9 Å². The van der Waals surface area contributed by atoms with E-state index in [2.05, 4.69) is 31.3 Å². The molecule has 2 rings (SSSR count). The van der Waals surface area contributed by atoms with Gasteiger partial charge in [-0.2, -0.15) is 0 Å². The topological polar surface area (TPSA) is 39.7 Å². The molecule has 1 N–H and O–H groups in total. The molecule has 1 heterocycles. The number of hydrogen-bond donors (Lipinski definition) is 1. The third-order valence-electron chi connectivity index (χ3n) is 3.35. The van der Waals surface area contributed by atoms with Gasteiger partial charge in [-0.1, -0.05) is 26.0 Å². The fourth-order valence-corrected chi connectivity index (χ4v) is 2.37. The van der Waals surface area contributed by atoms with Gasteiger partial charge in [-0.15, -0.1) is 0 Å². The van der Waals surface area contributed by atoms with Crippen LogP contribution in [0.25, 0.3) is 0 Å². The molecule has 112 valence electrons. The maximum atomic E-state index is 5.82. The van der Waals surface area contributed by atoms with Crippen LogP contribution in [0.4, 0.5) is 0 Å². The minimum absolute atomic E-state index is 0.0751. The Hall–Kier alpha value is -1.10. The van der Waals surface area contributed by atoms with E-state index < -0.39 is 0 Å². The van der Waals surface area contributed by atoms with Crippen molar-refractivity contribution >= 4 is 0 Å². The lowest BCUT2D eigenvalue weighted by molar-refractivity contribution is -0.102. The molecule has 0 radical (unpaired) electrons. The van der Waals surface area contributed by atoms with Crippen LogP contribution in [0.15, 0.2) is 24.3 Å². The zero-order valence-electron chi connectivity index (χ0n) is 12.4. The summed E-state index contributed by atoms with van der Waals surface area (Å²) in [4.78, 5) is 0. The Labute approximate surface area is 121 Å². The maximum absolute atomic E-state index is 5.82. The molecule has 2 unspecified atom stereocenters. The molecule has 0 aromatic heterocycles. The van der Waals surface area contributed by atoms with Crippen LogP contribution in [0.2, 0.25) is 0 Å². The fraction of sp³-hybridized carbons (Fsp3) is 0.625. The molecule has 1 saturated heterocycles. The first kappa shape index (κ1) is 15.3. The summed E-state index contributed by atoms with van der Waals surface area (Å²) in [5.74, 6) is 0.923. The second-order valence-corrected chi connectivity index (χ2v) is 4.94. The third kappa shape index (κ3) is 4.20. The van der Waals surface area contributed by atoms with Crippen molar-refractivity contribution in [1.82, 2.24) is 5.32 Å². The van der Waals surface area contributed by atoms with Gasteiger partial charge in [-0.3, -0.25) is 0 Å². The minimum Gasteiger partial charge on any atom is -0.494 e. The van der Waals surface area contributed by atoms with Crippen molar-refractivity contribution in [2.75, 3.05) is 33.0 Å². The summed E-state index contributed by atoms with van der Waals surface area (Å²) in [6, 6.07) is 8.44. The number of likely N-dealkylation sites (N-methyl/N-ethyl adjacent to an activating group) is 1. The van der Waals surface area contributed by atoms with Crippen molar-refractivity contribution in [2.24, 2.45) is 0 Å². The van der Waals surface area contributed by atoms with Gasteiger partial charge in [0.05, 0.1) is 32.5 Å². The van der Waals surface area contributed by atoms with E-state index in [1.807, 2.05) is 12.1 Å². The van der Waals surface area contributed by atoms with Crippen molar-refractivity contribution < 1.29 is 14.2 Å². The molecule has 0 spiro atoms. The van der Waals surface area contributed by atoms with Gasteiger partial charge < -0.3 is 19.5 Å². The number of hydrogen-bond acceptors (Lipinski definition) is 4. The predicted octanol–water partition coefficient (Wildman–Crippen LogP) is 2.54. The Kier molecular flexibility index (Phi) is 6.30. The summed E-state index contributed by atoms with van der Waals surface area (Å²) in [6.07, 6.45) is 1.10. The Morgan fingerprint density at radius 2 is 2.05 bits per heavy atom. The summed E-state index contributed by atoms with van der Waals surface area (Å²) in [5.41, 5.74) is 1.21. The predicted molar refractivity (Wildman–Crippen MR) is 79.2 cm³/mol. The summed E-state index contributed by atoms with van der Waals surface area (Å²) >= 11 is 0. The molecule has 4 nitrogen and oxygen atoms in total. The molecule has 0 bridgehead atoms. The van der Waals surface area contributed by atoms with E-state index in [0.717, 1.165) is 25.3 Å². The minimum atomic E-state index is 0.0751. The molecule has 0 aliphatic carbocycles. The molecule has 1 aromatic rings. The first-order chi connectivity index (χ1) is 9.85. The number of rotatable bonds is 7. The third-order valence-corrected chi connectivity index (χ3v) is 3.35. The lowest BCUT2D eigenvalue weighted by atomic mass is 10.0. The summed E-state index contributed by atoms with van der Waals surface area (Å²) < 4.78 is 17.0. The van der Waals surface area contributed by atoms with E-state index in [0.29, 0.717) is 19.8 Å². The zero-order valence-corrected chi connectivity index (χ0v) is 12.4. The quantitative estimate of drug-likeness (QED) is 0.832. The van der Waals surface area contributed by atoms with E-state index in [9.17, 15) is 0 Å². The monoisotopic (exact) mass is 279 g/mol. The molecule has 2 atom stereocenters. The van der Waals surface area contributed by atoms with Gasteiger partial charge in [0, 0.05) is 0 Å². The Bertz CT molecular complexity index is 374. The van der Waals surface area contributed by atoms with Gasteiger partial charge in [0.25, 0.3) is 0 Å². The standard InChI is InChI=1S/C16H25NO3/c1-3-9-19-14-7-5-13(6-8-14)16(17-4-2)15-12-18-10-11-20-15/h5-8,15-17H,3-4,9-12H2,1-2H3. The molecule has 0 saturated carbocycles. The smallest absolute Gasteiger partial charge is 0.119 e. The maximum Gasteiger partial charge on any atom is 0.119 e. The molecule has 1 aliphatic rings. The van der Waals surface area contributed by atoms with Crippen LogP contribution >= 0.6 is 0 Å². The van der Waals surface area contributed by atoms with Gasteiger partial charge in [0.1, 0.15) is 11.9 Å². The number of benzene rings is 1. The first-order valence-corrected chi connectivity index (χ1v) is 7.50. The van der Waals surface area contributed by atoms with E-state index >= 15 is 0 Å². The van der Waals surface area contributed by atoms with Crippen molar-refractivity contribution in [3.8, 4) is 5.75 Å². The van der Waals surface area contributed by atoms with Crippen molar-refractivity contribution in [3.05, 3.63) is 29.8 Å². The van der Waals surface area contributed by atoms with Gasteiger partial charge in [-0.05, 0) is 30.7 Å². The van der Waals surface area contributed by atoms with E-state index in [4.69, 9.17) is 14.2 Å². The van der Waals surface area contributed by atoms with Crippen LogP contribution in [-0.2, 0) is 9.47 Å². The van der Waals surface area contributed by atoms with Gasteiger partial charge >= 0.3 is 0 Å². The van der Waals surface area contributed by atoms with Gasteiger partial charge in [0.2, 0.25) is 0 Å². The lowest BCUT2D eigenvalue weighted by Gasteiger charge is -2.31. The van der Waals surface area contributed by atoms with Crippen LogP contribution in [0, 0.1) is 0 Å². The van der Waals surface area contributed by atoms with Crippen LogP contribution in [-0.4, -0.2) is 39.1 Å². The normalized spacial score (nSPS) is 20.6. The first-order valence-electron chi connectivity index (χ1n) is 7.50. The summed E-state index contributed by atoms with van der Waals surface area (Å²) in [6.45, 7) is 7.88. The van der Waals surface area contributed by atoms with Gasteiger partial charge in [-0.25, -0.2) is 0 Å². The highest BCUT2D eigenvalue weighted by Crippen LogP contribution is 2.24. The molecule has 1 aliphatic heterocycles. The second kappa shape index (κ2) is 8.25. The molecule has 1 fully saturated rings. The van der Waals surface area contributed by atoms with Crippen LogP contribution in [0.3, 0.4) is 0 Å². The molecule has 0 amide bonds. The fourth-order valence-electron chi connectivity index (χ4n) is 2.37. The molecular weight excluding hydrogens is 254 g/mol. The van der Waals surface area contributed by atoms with Gasteiger partial charge in [0.15, 0.2) is 0 Å². The van der Waals surface area contributed by atoms with E-state index in [1.54, 1.807) is 0 Å². The van der Waals surface area contributed by atoms with Crippen molar-refractivity contribution in [1.29, 1.82) is 0 Å². The number of ether oxygens (including phenoxy) is 3. The molecular formula is C16H25NO3. The Morgan fingerprint density at radius 1 is 1.25 bits per heavy atom. The van der Waals surface area contributed by atoms with Crippen LogP contribution in [0.5, 0.6) is 5.75 Å². The highest BCUT2D eigenvalue weighted by molar-refractivity contribution is 5.30. The number of nitrogens with one attached hydrogen (secondary N) is 1. The average Bonchev–Trinajstić information content (AvgIpc) is 2.52. The lowest BCUT2D eigenvalue weighted by Crippen LogP contribution is -2.40. The largest absolute Gasteiger partial charge is 0.494 e. The van der Waals surface area contributed by atoms with Crippen LogP contribution < -0.4 is 10.1 Å². The average molecular weight is 279 g/mol. The highest BCUT2D eigenvalue weighted by atomic mass is 16.6. The molecule has 1 aromatic carbocycles. The molecule has 4 heteroatoms. The Morgan fingerprint density at radius 3 is 2.65 bits per heavy atom.